The number of carbonyl (C=O) groups is 3. The van der Waals surface area contributed by atoms with E-state index >= 15 is 0 Å². The highest BCUT2D eigenvalue weighted by atomic mass is 19.4. The SMILES string of the molecule is CC1C(=O)NC(=O)CN1c1ccc(C=O)c(C(F)(F)F)c1. The fourth-order valence-electron chi connectivity index (χ4n) is 2.10. The third-order valence-electron chi connectivity index (χ3n) is 3.22. The second-order valence-corrected chi connectivity index (χ2v) is 4.60. The molecular formula is C13H11F3N2O3. The molecule has 1 saturated heterocycles. The minimum absolute atomic E-state index is 0.0589. The van der Waals surface area contributed by atoms with Gasteiger partial charge in [-0.1, -0.05) is 0 Å². The van der Waals surface area contributed by atoms with Crippen LogP contribution < -0.4 is 10.2 Å². The van der Waals surface area contributed by atoms with Gasteiger partial charge in [-0.15, -0.1) is 0 Å². The molecule has 8 heteroatoms. The highest BCUT2D eigenvalue weighted by molar-refractivity contribution is 6.04. The van der Waals surface area contributed by atoms with Crippen LogP contribution in [0.15, 0.2) is 18.2 Å². The van der Waals surface area contributed by atoms with Crippen LogP contribution in [0, 0.1) is 0 Å². The van der Waals surface area contributed by atoms with Crippen LogP contribution in [-0.2, 0) is 15.8 Å². The van der Waals surface area contributed by atoms with Gasteiger partial charge in [-0.05, 0) is 25.1 Å². The maximum Gasteiger partial charge on any atom is 0.417 e. The molecule has 1 aliphatic rings. The Bertz CT molecular complexity index is 613. The number of carbonyl (C=O) groups excluding carboxylic acids is 3. The van der Waals surface area contributed by atoms with Gasteiger partial charge in [0, 0.05) is 11.3 Å². The van der Waals surface area contributed by atoms with E-state index in [-0.39, 0.29) is 18.5 Å². The quantitative estimate of drug-likeness (QED) is 0.662. The first-order valence-corrected chi connectivity index (χ1v) is 6.01. The second-order valence-electron chi connectivity index (χ2n) is 4.60. The Morgan fingerprint density at radius 1 is 1.33 bits per heavy atom. The van der Waals surface area contributed by atoms with Gasteiger partial charge in [0.05, 0.1) is 12.1 Å². The van der Waals surface area contributed by atoms with Crippen molar-refractivity contribution in [2.45, 2.75) is 19.1 Å². The summed E-state index contributed by atoms with van der Waals surface area (Å²) in [4.78, 5) is 34.8. The van der Waals surface area contributed by atoms with E-state index in [2.05, 4.69) is 5.32 Å². The zero-order chi connectivity index (χ0) is 15.8. The van der Waals surface area contributed by atoms with E-state index in [4.69, 9.17) is 0 Å². The van der Waals surface area contributed by atoms with Crippen molar-refractivity contribution in [3.8, 4) is 0 Å². The molecule has 1 heterocycles. The Labute approximate surface area is 117 Å². The van der Waals surface area contributed by atoms with E-state index < -0.39 is 35.2 Å². The normalized spacial score (nSPS) is 19.4. The molecule has 21 heavy (non-hydrogen) atoms. The molecule has 1 aromatic carbocycles. The molecule has 1 N–H and O–H groups in total. The lowest BCUT2D eigenvalue weighted by Gasteiger charge is -2.34. The van der Waals surface area contributed by atoms with Crippen molar-refractivity contribution in [2.24, 2.45) is 0 Å². The minimum Gasteiger partial charge on any atom is -0.350 e. The number of nitrogens with one attached hydrogen (secondary N) is 1. The summed E-state index contributed by atoms with van der Waals surface area (Å²) in [5.41, 5.74) is -1.53. The van der Waals surface area contributed by atoms with Crippen LogP contribution in [0.25, 0.3) is 0 Å². The average Bonchev–Trinajstić information content (AvgIpc) is 2.41. The zero-order valence-corrected chi connectivity index (χ0v) is 10.9. The summed E-state index contributed by atoms with van der Waals surface area (Å²) in [7, 11) is 0. The number of halogens is 3. The Balaban J connectivity index is 2.47. The Morgan fingerprint density at radius 3 is 2.57 bits per heavy atom. The van der Waals surface area contributed by atoms with E-state index in [1.165, 1.54) is 17.9 Å². The number of alkyl halides is 3. The maximum absolute atomic E-state index is 12.9. The van der Waals surface area contributed by atoms with Crippen LogP contribution in [0.2, 0.25) is 0 Å². The average molecular weight is 300 g/mol. The first-order valence-electron chi connectivity index (χ1n) is 6.01. The van der Waals surface area contributed by atoms with Crippen molar-refractivity contribution >= 4 is 23.8 Å². The number of nitrogens with zero attached hydrogens (tertiary/aromatic N) is 1. The summed E-state index contributed by atoms with van der Waals surface area (Å²) in [6.45, 7) is 1.24. The van der Waals surface area contributed by atoms with E-state index in [9.17, 15) is 27.6 Å². The smallest absolute Gasteiger partial charge is 0.350 e. The Hall–Kier alpha value is -2.38. The molecule has 0 spiro atoms. The number of piperazine rings is 1. The van der Waals surface area contributed by atoms with Gasteiger partial charge in [0.25, 0.3) is 0 Å². The third kappa shape index (κ3) is 2.88. The minimum atomic E-state index is -4.70. The molecule has 1 aliphatic heterocycles. The van der Waals surface area contributed by atoms with Gasteiger partial charge >= 0.3 is 6.18 Å². The number of anilines is 1. The lowest BCUT2D eigenvalue weighted by Crippen LogP contribution is -2.57. The van der Waals surface area contributed by atoms with Crippen LogP contribution >= 0.6 is 0 Å². The number of benzene rings is 1. The molecule has 0 aliphatic carbocycles. The number of rotatable bonds is 2. The monoisotopic (exact) mass is 300 g/mol. The van der Waals surface area contributed by atoms with Crippen LogP contribution in [-0.4, -0.2) is 30.7 Å². The van der Waals surface area contributed by atoms with Gasteiger partial charge in [0.15, 0.2) is 6.29 Å². The largest absolute Gasteiger partial charge is 0.417 e. The first kappa shape index (κ1) is 15.0. The molecule has 1 unspecified atom stereocenters. The van der Waals surface area contributed by atoms with E-state index in [0.717, 1.165) is 12.1 Å². The Morgan fingerprint density at radius 2 is 2.00 bits per heavy atom. The molecular weight excluding hydrogens is 289 g/mol. The summed E-state index contributed by atoms with van der Waals surface area (Å²) in [5.74, 6) is -1.18. The van der Waals surface area contributed by atoms with E-state index in [0.29, 0.717) is 0 Å². The first-order chi connectivity index (χ1) is 9.74. The number of amides is 2. The standard InChI is InChI=1S/C13H11F3N2O3/c1-7-12(21)17-11(20)5-18(7)9-3-2-8(6-19)10(4-9)13(14,15)16/h2-4,6-7H,5H2,1H3,(H,17,20,21). The highest BCUT2D eigenvalue weighted by Gasteiger charge is 2.36. The Kier molecular flexibility index (Phi) is 3.71. The van der Waals surface area contributed by atoms with Gasteiger partial charge in [-0.25, -0.2) is 0 Å². The van der Waals surface area contributed by atoms with Gasteiger partial charge in [-0.2, -0.15) is 13.2 Å². The summed E-state index contributed by atoms with van der Waals surface area (Å²) in [6, 6.07) is 2.29. The summed E-state index contributed by atoms with van der Waals surface area (Å²) in [6.07, 6.45) is -4.58. The van der Waals surface area contributed by atoms with Gasteiger partial charge in [0.2, 0.25) is 11.8 Å². The molecule has 112 valence electrons. The fourth-order valence-corrected chi connectivity index (χ4v) is 2.10. The van der Waals surface area contributed by atoms with Crippen molar-refractivity contribution in [2.75, 3.05) is 11.4 Å². The van der Waals surface area contributed by atoms with Gasteiger partial charge < -0.3 is 4.90 Å². The van der Waals surface area contributed by atoms with Crippen LogP contribution in [0.3, 0.4) is 0 Å². The van der Waals surface area contributed by atoms with Crippen molar-refractivity contribution in [3.05, 3.63) is 29.3 Å². The molecule has 0 radical (unpaired) electrons. The van der Waals surface area contributed by atoms with Crippen molar-refractivity contribution in [1.82, 2.24) is 5.32 Å². The van der Waals surface area contributed by atoms with E-state index in [1.807, 2.05) is 0 Å². The molecule has 1 atom stereocenters. The molecule has 0 aromatic heterocycles. The molecule has 0 saturated carbocycles. The van der Waals surface area contributed by atoms with Crippen molar-refractivity contribution < 1.29 is 27.6 Å². The van der Waals surface area contributed by atoms with Crippen LogP contribution in [0.1, 0.15) is 22.8 Å². The van der Waals surface area contributed by atoms with Crippen LogP contribution in [0.4, 0.5) is 18.9 Å². The second kappa shape index (κ2) is 5.19. The van der Waals surface area contributed by atoms with Gasteiger partial charge in [0.1, 0.15) is 6.04 Å². The summed E-state index contributed by atoms with van der Waals surface area (Å²) in [5, 5.41) is 2.10. The predicted molar refractivity (Wildman–Crippen MR) is 66.8 cm³/mol. The van der Waals surface area contributed by atoms with Crippen molar-refractivity contribution in [1.29, 1.82) is 0 Å². The number of hydrogen-bond acceptors (Lipinski definition) is 4. The van der Waals surface area contributed by atoms with E-state index in [1.54, 1.807) is 0 Å². The summed E-state index contributed by atoms with van der Waals surface area (Å²) < 4.78 is 38.7. The van der Waals surface area contributed by atoms with Gasteiger partial charge in [-0.3, -0.25) is 19.7 Å². The predicted octanol–water partition coefficient (Wildman–Crippen LogP) is 1.37. The number of hydrogen-bond donors (Lipinski definition) is 1. The molecule has 1 fully saturated rings. The lowest BCUT2D eigenvalue weighted by atomic mass is 10.0. The topological polar surface area (TPSA) is 66.5 Å². The molecule has 2 rings (SSSR count). The summed E-state index contributed by atoms with van der Waals surface area (Å²) >= 11 is 0. The molecule has 2 amide bonds. The highest BCUT2D eigenvalue weighted by Crippen LogP contribution is 2.34. The number of imide groups is 1. The molecule has 0 bridgehead atoms. The molecule has 5 nitrogen and oxygen atoms in total. The maximum atomic E-state index is 12.9. The van der Waals surface area contributed by atoms with Crippen molar-refractivity contribution in [3.63, 3.8) is 0 Å². The number of aldehydes is 1. The molecule has 1 aromatic rings. The van der Waals surface area contributed by atoms with Crippen LogP contribution in [0.5, 0.6) is 0 Å². The lowest BCUT2D eigenvalue weighted by molar-refractivity contribution is -0.137. The third-order valence-corrected chi connectivity index (χ3v) is 3.22. The fraction of sp³-hybridized carbons (Fsp3) is 0.308. The zero-order valence-electron chi connectivity index (χ0n) is 10.9.